The molecule has 10 nitrogen and oxygen atoms in total. The second-order valence-corrected chi connectivity index (χ2v) is 6.62. The summed E-state index contributed by atoms with van der Waals surface area (Å²) in [5, 5.41) is 2.65. The van der Waals surface area contributed by atoms with Gasteiger partial charge in [-0.05, 0) is 13.8 Å². The minimum Gasteiger partial charge on any atom is -0.464 e. The van der Waals surface area contributed by atoms with Crippen LogP contribution in [-0.4, -0.2) is 67.2 Å². The molecule has 1 rings (SSSR count). The van der Waals surface area contributed by atoms with Crippen LogP contribution < -0.4 is 5.32 Å². The van der Waals surface area contributed by atoms with E-state index < -0.39 is 48.0 Å². The molecule has 1 aliphatic rings. The number of amides is 1. The fraction of sp³-hybridized carbons (Fsp3) is 0.765. The lowest BCUT2D eigenvalue weighted by Gasteiger charge is -2.30. The second-order valence-electron chi connectivity index (χ2n) is 6.62. The maximum Gasteiger partial charge on any atom is 0.303 e. The maximum absolute atomic E-state index is 11.6. The number of nitrogens with one attached hydrogen (secondary N) is 1. The molecule has 1 saturated heterocycles. The molecular formula is C17H27NO9. The summed E-state index contributed by atoms with van der Waals surface area (Å²) in [5.41, 5.74) is 0. The molecule has 4 atom stereocenters. The first-order valence-corrected chi connectivity index (χ1v) is 8.48. The van der Waals surface area contributed by atoms with Crippen LogP contribution in [0.25, 0.3) is 0 Å². The SMILES string of the molecule is CC(=O)N[C@H](COC(C)=O)[C@@H]1OC(C)(C)O[C@H]1[C@@H](COC(C)=O)OC(C)=O. The van der Waals surface area contributed by atoms with Crippen LogP contribution >= 0.6 is 0 Å². The summed E-state index contributed by atoms with van der Waals surface area (Å²) >= 11 is 0. The van der Waals surface area contributed by atoms with Gasteiger partial charge in [0.25, 0.3) is 0 Å². The number of hydrogen-bond acceptors (Lipinski definition) is 9. The molecule has 1 amide bonds. The predicted octanol–water partition coefficient (Wildman–Crippen LogP) is 0.0691. The molecule has 0 radical (unpaired) electrons. The van der Waals surface area contributed by atoms with Gasteiger partial charge < -0.3 is 29.0 Å². The van der Waals surface area contributed by atoms with Gasteiger partial charge in [0.1, 0.15) is 25.4 Å². The Labute approximate surface area is 157 Å². The van der Waals surface area contributed by atoms with E-state index in [9.17, 15) is 19.2 Å². The molecule has 10 heteroatoms. The molecule has 154 valence electrons. The fourth-order valence-electron chi connectivity index (χ4n) is 2.71. The van der Waals surface area contributed by atoms with E-state index in [2.05, 4.69) is 5.32 Å². The van der Waals surface area contributed by atoms with Gasteiger partial charge in [0, 0.05) is 27.7 Å². The molecular weight excluding hydrogens is 362 g/mol. The monoisotopic (exact) mass is 389 g/mol. The Morgan fingerprint density at radius 1 is 0.889 bits per heavy atom. The van der Waals surface area contributed by atoms with Crippen molar-refractivity contribution in [2.24, 2.45) is 0 Å². The molecule has 0 saturated carbocycles. The van der Waals surface area contributed by atoms with Gasteiger partial charge in [0.15, 0.2) is 11.9 Å². The zero-order valence-corrected chi connectivity index (χ0v) is 16.4. The minimum atomic E-state index is -1.07. The van der Waals surface area contributed by atoms with Crippen LogP contribution in [0.3, 0.4) is 0 Å². The first kappa shape index (κ1) is 22.8. The smallest absolute Gasteiger partial charge is 0.303 e. The molecule has 27 heavy (non-hydrogen) atoms. The van der Waals surface area contributed by atoms with Crippen molar-refractivity contribution in [2.75, 3.05) is 13.2 Å². The largest absolute Gasteiger partial charge is 0.464 e. The van der Waals surface area contributed by atoms with E-state index in [1.807, 2.05) is 0 Å². The molecule has 0 bridgehead atoms. The highest BCUT2D eigenvalue weighted by molar-refractivity contribution is 5.73. The minimum absolute atomic E-state index is 0.171. The van der Waals surface area contributed by atoms with E-state index in [1.54, 1.807) is 13.8 Å². The zero-order chi connectivity index (χ0) is 20.8. The number of ether oxygens (including phenoxy) is 5. The summed E-state index contributed by atoms with van der Waals surface area (Å²) in [6, 6.07) is -0.770. The van der Waals surface area contributed by atoms with Crippen molar-refractivity contribution < 1.29 is 42.9 Å². The Balaban J connectivity index is 3.11. The van der Waals surface area contributed by atoms with E-state index in [0.29, 0.717) is 0 Å². The lowest BCUT2D eigenvalue weighted by atomic mass is 10.0. The summed E-state index contributed by atoms with van der Waals surface area (Å²) in [6.07, 6.45) is -2.69. The zero-order valence-electron chi connectivity index (χ0n) is 16.4. The second kappa shape index (κ2) is 9.65. The van der Waals surface area contributed by atoms with Gasteiger partial charge in [0.05, 0.1) is 6.04 Å². The van der Waals surface area contributed by atoms with Crippen LogP contribution in [-0.2, 0) is 42.9 Å². The third-order valence-corrected chi connectivity index (χ3v) is 3.55. The van der Waals surface area contributed by atoms with Crippen LogP contribution in [0.15, 0.2) is 0 Å². The topological polar surface area (TPSA) is 126 Å². The molecule has 0 aromatic carbocycles. The van der Waals surface area contributed by atoms with E-state index >= 15 is 0 Å². The third-order valence-electron chi connectivity index (χ3n) is 3.55. The van der Waals surface area contributed by atoms with Crippen LogP contribution in [0.1, 0.15) is 41.5 Å². The van der Waals surface area contributed by atoms with Crippen LogP contribution in [0, 0.1) is 0 Å². The van der Waals surface area contributed by atoms with Gasteiger partial charge in [-0.2, -0.15) is 0 Å². The summed E-state index contributed by atoms with van der Waals surface area (Å²) in [5.74, 6) is -3.13. The number of rotatable bonds is 8. The van der Waals surface area contributed by atoms with Gasteiger partial charge in [-0.25, -0.2) is 0 Å². The van der Waals surface area contributed by atoms with Crippen LogP contribution in [0.5, 0.6) is 0 Å². The highest BCUT2D eigenvalue weighted by atomic mass is 16.8. The van der Waals surface area contributed by atoms with Crippen molar-refractivity contribution >= 4 is 23.8 Å². The average molecular weight is 389 g/mol. The number of carbonyl (C=O) groups excluding carboxylic acids is 4. The van der Waals surface area contributed by atoms with Gasteiger partial charge in [-0.15, -0.1) is 0 Å². The van der Waals surface area contributed by atoms with Gasteiger partial charge in [-0.1, -0.05) is 0 Å². The van der Waals surface area contributed by atoms with E-state index in [-0.39, 0.29) is 19.1 Å². The molecule has 0 aliphatic carbocycles. The third kappa shape index (κ3) is 7.92. The summed E-state index contributed by atoms with van der Waals surface area (Å²) in [4.78, 5) is 45.4. The normalized spacial score (nSPS) is 23.0. The Bertz CT molecular complexity index is 527. The molecule has 0 aromatic heterocycles. The molecule has 1 fully saturated rings. The quantitative estimate of drug-likeness (QED) is 0.453. The summed E-state index contributed by atoms with van der Waals surface area (Å²) in [6.45, 7) is 7.84. The van der Waals surface area contributed by atoms with E-state index in [0.717, 1.165) is 0 Å². The molecule has 0 unspecified atom stereocenters. The Kier molecular flexibility index (Phi) is 8.17. The summed E-state index contributed by atoms with van der Waals surface area (Å²) < 4.78 is 26.9. The highest BCUT2D eigenvalue weighted by Gasteiger charge is 2.50. The van der Waals surface area contributed by atoms with E-state index in [4.69, 9.17) is 23.7 Å². The van der Waals surface area contributed by atoms with Gasteiger partial charge in [-0.3, -0.25) is 19.2 Å². The maximum atomic E-state index is 11.6. The Hall–Kier alpha value is -2.20. The first-order chi connectivity index (χ1) is 12.4. The fourth-order valence-corrected chi connectivity index (χ4v) is 2.71. The standard InChI is InChI=1S/C17H27NO9/c1-9(19)18-13(7-23-10(2)20)15-16(27-17(5,6)26-15)14(25-12(4)22)8-24-11(3)21/h13-16H,7-8H2,1-6H3,(H,18,19)/t13-,14-,15+,16+/m1/s1. The van der Waals surface area contributed by atoms with Crippen LogP contribution in [0.2, 0.25) is 0 Å². The van der Waals surface area contributed by atoms with Crippen molar-refractivity contribution in [1.29, 1.82) is 0 Å². The highest BCUT2D eigenvalue weighted by Crippen LogP contribution is 2.33. The van der Waals surface area contributed by atoms with Crippen molar-refractivity contribution in [3.8, 4) is 0 Å². The van der Waals surface area contributed by atoms with Crippen LogP contribution in [0.4, 0.5) is 0 Å². The molecule has 0 aromatic rings. The first-order valence-electron chi connectivity index (χ1n) is 8.48. The number of hydrogen-bond donors (Lipinski definition) is 1. The number of esters is 3. The van der Waals surface area contributed by atoms with Crippen molar-refractivity contribution in [2.45, 2.75) is 71.7 Å². The van der Waals surface area contributed by atoms with E-state index in [1.165, 1.54) is 27.7 Å². The lowest BCUT2D eigenvalue weighted by molar-refractivity contribution is -0.177. The van der Waals surface area contributed by atoms with Gasteiger partial charge in [0.2, 0.25) is 5.91 Å². The van der Waals surface area contributed by atoms with Crippen molar-refractivity contribution in [3.05, 3.63) is 0 Å². The lowest BCUT2D eigenvalue weighted by Crippen LogP contribution is -2.54. The number of carbonyl (C=O) groups is 4. The average Bonchev–Trinajstić information content (AvgIpc) is 2.82. The predicted molar refractivity (Wildman–Crippen MR) is 90.2 cm³/mol. The molecule has 1 heterocycles. The molecule has 0 spiro atoms. The Morgan fingerprint density at radius 2 is 1.41 bits per heavy atom. The molecule has 1 N–H and O–H groups in total. The summed E-state index contributed by atoms with van der Waals surface area (Å²) in [7, 11) is 0. The Morgan fingerprint density at radius 3 is 1.89 bits per heavy atom. The van der Waals surface area contributed by atoms with Gasteiger partial charge >= 0.3 is 17.9 Å². The van der Waals surface area contributed by atoms with Crippen molar-refractivity contribution in [1.82, 2.24) is 5.32 Å². The van der Waals surface area contributed by atoms with Crippen molar-refractivity contribution in [3.63, 3.8) is 0 Å². The molecule has 1 aliphatic heterocycles.